The Morgan fingerprint density at radius 3 is 2.67 bits per heavy atom. The Hall–Kier alpha value is -0.940. The van der Waals surface area contributed by atoms with Gasteiger partial charge < -0.3 is 9.84 Å². The third-order valence-corrected chi connectivity index (χ3v) is 3.69. The number of carboxylic acid groups (broad SMARTS) is 1. The van der Waals surface area contributed by atoms with Crippen LogP contribution in [-0.4, -0.2) is 29.3 Å². The topological polar surface area (TPSA) is 59.4 Å². The van der Waals surface area contributed by atoms with Crippen LogP contribution in [0.3, 0.4) is 0 Å². The average molecular weight is 227 g/mol. The average Bonchev–Trinajstić information content (AvgIpc) is 2.50. The van der Waals surface area contributed by atoms with Gasteiger partial charge in [-0.25, -0.2) is 4.98 Å². The van der Waals surface area contributed by atoms with Gasteiger partial charge in [-0.3, -0.25) is 4.79 Å². The number of ether oxygens (including phenoxy) is 1. The Labute approximate surface area is 91.9 Å². The lowest BCUT2D eigenvalue weighted by atomic mass is 9.87. The van der Waals surface area contributed by atoms with Gasteiger partial charge in [0.1, 0.15) is 5.01 Å². The van der Waals surface area contributed by atoms with E-state index in [1.807, 2.05) is 19.2 Å². The van der Waals surface area contributed by atoms with Crippen LogP contribution < -0.4 is 0 Å². The Kier molecular flexibility index (Phi) is 2.52. The molecule has 2 heterocycles. The highest BCUT2D eigenvalue weighted by atomic mass is 32.1. The number of aliphatic carboxylic acids is 1. The quantitative estimate of drug-likeness (QED) is 0.852. The van der Waals surface area contributed by atoms with Gasteiger partial charge in [0.2, 0.25) is 0 Å². The molecule has 5 heteroatoms. The van der Waals surface area contributed by atoms with Gasteiger partial charge in [-0.15, -0.1) is 11.3 Å². The first-order valence-corrected chi connectivity index (χ1v) is 5.71. The molecule has 0 amide bonds. The summed E-state index contributed by atoms with van der Waals surface area (Å²) in [6.07, 6.45) is 0. The lowest BCUT2D eigenvalue weighted by molar-refractivity contribution is -0.163. The van der Waals surface area contributed by atoms with Crippen molar-refractivity contribution in [3.8, 4) is 0 Å². The van der Waals surface area contributed by atoms with Crippen molar-refractivity contribution >= 4 is 17.3 Å². The molecule has 15 heavy (non-hydrogen) atoms. The maximum atomic E-state index is 11.2. The van der Waals surface area contributed by atoms with E-state index in [4.69, 9.17) is 4.74 Å². The molecule has 1 fully saturated rings. The Morgan fingerprint density at radius 1 is 1.67 bits per heavy atom. The van der Waals surface area contributed by atoms with Crippen LogP contribution >= 0.6 is 11.3 Å². The van der Waals surface area contributed by atoms with E-state index in [0.29, 0.717) is 10.9 Å². The third kappa shape index (κ3) is 1.55. The molecule has 1 N–H and O–H groups in total. The summed E-state index contributed by atoms with van der Waals surface area (Å²) >= 11 is 1.42. The summed E-state index contributed by atoms with van der Waals surface area (Å²) in [6.45, 7) is 4.58. The van der Waals surface area contributed by atoms with E-state index in [9.17, 15) is 9.90 Å². The predicted molar refractivity (Wildman–Crippen MR) is 56.3 cm³/mol. The summed E-state index contributed by atoms with van der Waals surface area (Å²) in [5, 5.41) is 11.8. The van der Waals surface area contributed by atoms with E-state index in [0.717, 1.165) is 5.69 Å². The molecule has 0 atom stereocenters. The zero-order chi connectivity index (χ0) is 11.1. The number of thiazole rings is 1. The standard InChI is InChI=1S/C10H13NO3S/c1-6(2)7-3-15-8(11-7)10(9(12)13)4-14-5-10/h3,6H,4-5H2,1-2H3,(H,12,13). The van der Waals surface area contributed by atoms with Crippen molar-refractivity contribution in [3.63, 3.8) is 0 Å². The molecule has 0 unspecified atom stereocenters. The molecule has 4 nitrogen and oxygen atoms in total. The number of hydrogen-bond donors (Lipinski definition) is 1. The van der Waals surface area contributed by atoms with Crippen LogP contribution in [0.1, 0.15) is 30.5 Å². The van der Waals surface area contributed by atoms with Crippen LogP contribution in [0.15, 0.2) is 5.38 Å². The van der Waals surface area contributed by atoms with Gasteiger partial charge in [0.25, 0.3) is 0 Å². The first-order valence-electron chi connectivity index (χ1n) is 4.83. The molecule has 1 aromatic heterocycles. The second-order valence-electron chi connectivity index (χ2n) is 4.11. The fourth-order valence-electron chi connectivity index (χ4n) is 1.42. The minimum Gasteiger partial charge on any atom is -0.480 e. The van der Waals surface area contributed by atoms with Crippen molar-refractivity contribution in [2.75, 3.05) is 13.2 Å². The minimum atomic E-state index is -0.877. The third-order valence-electron chi connectivity index (χ3n) is 2.63. The highest BCUT2D eigenvalue weighted by molar-refractivity contribution is 7.10. The van der Waals surface area contributed by atoms with E-state index in [1.165, 1.54) is 11.3 Å². The van der Waals surface area contributed by atoms with Crippen LogP contribution in [0.2, 0.25) is 0 Å². The summed E-state index contributed by atoms with van der Waals surface area (Å²) in [6, 6.07) is 0. The van der Waals surface area contributed by atoms with Crippen molar-refractivity contribution in [3.05, 3.63) is 16.1 Å². The van der Waals surface area contributed by atoms with Crippen molar-refractivity contribution < 1.29 is 14.6 Å². The first kappa shape index (κ1) is 10.6. The highest BCUT2D eigenvalue weighted by Crippen LogP contribution is 2.35. The Bertz CT molecular complexity index is 382. The molecule has 0 saturated carbocycles. The second-order valence-corrected chi connectivity index (χ2v) is 4.97. The van der Waals surface area contributed by atoms with E-state index >= 15 is 0 Å². The van der Waals surface area contributed by atoms with Crippen molar-refractivity contribution in [1.29, 1.82) is 0 Å². The molecule has 1 aromatic rings. The number of nitrogens with zero attached hydrogens (tertiary/aromatic N) is 1. The lowest BCUT2D eigenvalue weighted by Crippen LogP contribution is -2.53. The fraction of sp³-hybridized carbons (Fsp3) is 0.600. The van der Waals surface area contributed by atoms with Crippen LogP contribution in [0.5, 0.6) is 0 Å². The molecule has 82 valence electrons. The fourth-order valence-corrected chi connectivity index (χ4v) is 2.56. The summed E-state index contributed by atoms with van der Waals surface area (Å²) in [5.74, 6) is -0.500. The van der Waals surface area contributed by atoms with E-state index in [-0.39, 0.29) is 13.2 Å². The number of carbonyl (C=O) groups is 1. The van der Waals surface area contributed by atoms with Crippen molar-refractivity contribution in [1.82, 2.24) is 4.98 Å². The van der Waals surface area contributed by atoms with Gasteiger partial charge in [0.05, 0.1) is 18.9 Å². The lowest BCUT2D eigenvalue weighted by Gasteiger charge is -2.35. The number of rotatable bonds is 3. The number of hydrogen-bond acceptors (Lipinski definition) is 4. The SMILES string of the molecule is CC(C)c1csc(C2(C(=O)O)COC2)n1. The number of aromatic nitrogens is 1. The second kappa shape index (κ2) is 3.57. The minimum absolute atomic E-state index is 0.243. The number of carboxylic acids is 1. The van der Waals surface area contributed by atoms with Crippen LogP contribution in [0, 0.1) is 0 Å². The molecule has 0 aromatic carbocycles. The maximum Gasteiger partial charge on any atom is 0.321 e. The smallest absolute Gasteiger partial charge is 0.321 e. The summed E-state index contributed by atoms with van der Waals surface area (Å²) < 4.78 is 5.01. The van der Waals surface area contributed by atoms with Gasteiger partial charge >= 0.3 is 5.97 Å². The highest BCUT2D eigenvalue weighted by Gasteiger charge is 2.50. The van der Waals surface area contributed by atoms with Gasteiger partial charge in [-0.05, 0) is 5.92 Å². The molecular weight excluding hydrogens is 214 g/mol. The monoisotopic (exact) mass is 227 g/mol. The van der Waals surface area contributed by atoms with Gasteiger partial charge in [-0.1, -0.05) is 13.8 Å². The van der Waals surface area contributed by atoms with Crippen LogP contribution in [-0.2, 0) is 14.9 Å². The van der Waals surface area contributed by atoms with Crippen LogP contribution in [0.25, 0.3) is 0 Å². The molecule has 0 aliphatic carbocycles. The maximum absolute atomic E-state index is 11.2. The molecule has 1 saturated heterocycles. The predicted octanol–water partition coefficient (Wildman–Crippen LogP) is 1.62. The summed E-state index contributed by atoms with van der Waals surface area (Å²) in [7, 11) is 0. The van der Waals surface area contributed by atoms with E-state index in [2.05, 4.69) is 4.98 Å². The molecule has 0 bridgehead atoms. The Balaban J connectivity index is 2.32. The van der Waals surface area contributed by atoms with Gasteiger partial charge in [0.15, 0.2) is 5.41 Å². The zero-order valence-corrected chi connectivity index (χ0v) is 9.50. The molecule has 1 aliphatic rings. The summed E-state index contributed by atoms with van der Waals surface area (Å²) in [4.78, 5) is 15.6. The molecule has 1 aliphatic heterocycles. The van der Waals surface area contributed by atoms with Crippen molar-refractivity contribution in [2.45, 2.75) is 25.2 Å². The molecule has 0 spiro atoms. The zero-order valence-electron chi connectivity index (χ0n) is 8.69. The summed E-state index contributed by atoms with van der Waals surface area (Å²) in [5.41, 5.74) is 0.0835. The molecular formula is C10H13NO3S. The van der Waals surface area contributed by atoms with E-state index in [1.54, 1.807) is 0 Å². The van der Waals surface area contributed by atoms with Crippen LogP contribution in [0.4, 0.5) is 0 Å². The normalized spacial score (nSPS) is 18.9. The van der Waals surface area contributed by atoms with Gasteiger partial charge in [0, 0.05) is 5.38 Å². The Morgan fingerprint density at radius 2 is 2.33 bits per heavy atom. The first-order chi connectivity index (χ1) is 7.06. The van der Waals surface area contributed by atoms with Gasteiger partial charge in [-0.2, -0.15) is 0 Å². The molecule has 0 radical (unpaired) electrons. The molecule has 2 rings (SSSR count). The van der Waals surface area contributed by atoms with E-state index < -0.39 is 11.4 Å². The van der Waals surface area contributed by atoms with Crippen molar-refractivity contribution in [2.24, 2.45) is 0 Å². The largest absolute Gasteiger partial charge is 0.480 e.